The number of hydrogen-bond donors (Lipinski definition) is 2. The molecule has 1 aliphatic heterocycles. The molecule has 1 amide bonds. The average Bonchev–Trinajstić information content (AvgIpc) is 2.92. The lowest BCUT2D eigenvalue weighted by atomic mass is 10.1. The Labute approximate surface area is 121 Å². The molecule has 6 heteroatoms. The van der Waals surface area contributed by atoms with Gasteiger partial charge in [-0.1, -0.05) is 0 Å². The molecule has 1 saturated heterocycles. The molecular formula is C15H16N2O4. The summed E-state index contributed by atoms with van der Waals surface area (Å²) in [4.78, 5) is 28.3. The maximum atomic E-state index is 12.4. The van der Waals surface area contributed by atoms with Crippen molar-refractivity contribution in [1.82, 2.24) is 9.88 Å². The highest BCUT2D eigenvalue weighted by Gasteiger charge is 2.20. The number of carbonyl (C=O) groups is 2. The van der Waals surface area contributed by atoms with Gasteiger partial charge in [0.05, 0.1) is 18.8 Å². The van der Waals surface area contributed by atoms with Gasteiger partial charge in [-0.2, -0.15) is 0 Å². The third-order valence-electron chi connectivity index (χ3n) is 3.72. The maximum Gasteiger partial charge on any atom is 0.335 e. The second-order valence-corrected chi connectivity index (χ2v) is 5.15. The molecule has 0 atom stereocenters. The zero-order valence-electron chi connectivity index (χ0n) is 11.7. The summed E-state index contributed by atoms with van der Waals surface area (Å²) in [5.41, 5.74) is 2.20. The lowest BCUT2D eigenvalue weighted by Crippen LogP contribution is -2.40. The molecule has 2 heterocycles. The van der Waals surface area contributed by atoms with Gasteiger partial charge in [-0.15, -0.1) is 0 Å². The van der Waals surface area contributed by atoms with E-state index >= 15 is 0 Å². The highest BCUT2D eigenvalue weighted by Crippen LogP contribution is 2.22. The van der Waals surface area contributed by atoms with Crippen LogP contribution >= 0.6 is 0 Å². The predicted octanol–water partition coefficient (Wildman–Crippen LogP) is 1.65. The first-order valence-corrected chi connectivity index (χ1v) is 6.80. The van der Waals surface area contributed by atoms with Gasteiger partial charge in [0.1, 0.15) is 5.69 Å². The summed E-state index contributed by atoms with van der Waals surface area (Å²) in [5, 5.41) is 9.96. The quantitative estimate of drug-likeness (QED) is 0.880. The number of rotatable bonds is 2. The smallest absolute Gasteiger partial charge is 0.335 e. The Balaban J connectivity index is 1.98. The topological polar surface area (TPSA) is 82.6 Å². The van der Waals surface area contributed by atoms with Gasteiger partial charge in [-0.05, 0) is 30.7 Å². The highest BCUT2D eigenvalue weighted by atomic mass is 16.5. The number of carboxylic acids is 1. The fraction of sp³-hybridized carbons (Fsp3) is 0.333. The number of carboxylic acid groups (broad SMARTS) is 1. The number of amides is 1. The van der Waals surface area contributed by atoms with Gasteiger partial charge in [0.15, 0.2) is 0 Å². The summed E-state index contributed by atoms with van der Waals surface area (Å²) in [5.74, 6) is -1.05. The minimum atomic E-state index is -0.976. The number of aryl methyl sites for hydroxylation is 1. The van der Waals surface area contributed by atoms with Crippen LogP contribution in [0.15, 0.2) is 18.2 Å². The van der Waals surface area contributed by atoms with E-state index in [2.05, 4.69) is 4.98 Å². The van der Waals surface area contributed by atoms with E-state index in [0.717, 1.165) is 10.9 Å². The Morgan fingerprint density at radius 1 is 1.24 bits per heavy atom. The van der Waals surface area contributed by atoms with Crippen LogP contribution in [0.3, 0.4) is 0 Å². The van der Waals surface area contributed by atoms with Crippen molar-refractivity contribution in [2.24, 2.45) is 0 Å². The van der Waals surface area contributed by atoms with Crippen LogP contribution in [0.2, 0.25) is 0 Å². The molecule has 6 nitrogen and oxygen atoms in total. The molecule has 110 valence electrons. The first-order valence-electron chi connectivity index (χ1n) is 6.80. The van der Waals surface area contributed by atoms with Crippen LogP contribution in [0.25, 0.3) is 10.9 Å². The molecule has 0 bridgehead atoms. The molecule has 2 aromatic rings. The molecule has 0 radical (unpaired) electrons. The van der Waals surface area contributed by atoms with E-state index in [-0.39, 0.29) is 11.5 Å². The Kier molecular flexibility index (Phi) is 3.39. The summed E-state index contributed by atoms with van der Waals surface area (Å²) in [6.07, 6.45) is 0. The number of benzene rings is 1. The number of fused-ring (bicyclic) bond motifs is 1. The van der Waals surface area contributed by atoms with Crippen LogP contribution in [-0.2, 0) is 4.74 Å². The van der Waals surface area contributed by atoms with E-state index in [1.54, 1.807) is 23.1 Å². The first kappa shape index (κ1) is 13.6. The van der Waals surface area contributed by atoms with Gasteiger partial charge in [-0.25, -0.2) is 4.79 Å². The Morgan fingerprint density at radius 2 is 1.95 bits per heavy atom. The van der Waals surface area contributed by atoms with Crippen LogP contribution in [0, 0.1) is 6.92 Å². The van der Waals surface area contributed by atoms with Gasteiger partial charge >= 0.3 is 5.97 Å². The van der Waals surface area contributed by atoms with E-state index < -0.39 is 5.97 Å². The average molecular weight is 288 g/mol. The van der Waals surface area contributed by atoms with Crippen molar-refractivity contribution in [3.63, 3.8) is 0 Å². The molecule has 1 aliphatic rings. The number of hydrogen-bond acceptors (Lipinski definition) is 3. The van der Waals surface area contributed by atoms with Crippen molar-refractivity contribution in [3.05, 3.63) is 35.0 Å². The SMILES string of the molecule is Cc1cc(C(=O)O)cc2[nH]c(C(=O)N3CCOCC3)cc12. The van der Waals surface area contributed by atoms with E-state index in [4.69, 9.17) is 9.84 Å². The van der Waals surface area contributed by atoms with Crippen LogP contribution in [-0.4, -0.2) is 53.2 Å². The Morgan fingerprint density at radius 3 is 2.62 bits per heavy atom. The molecule has 0 spiro atoms. The first-order chi connectivity index (χ1) is 10.1. The van der Waals surface area contributed by atoms with Crippen LogP contribution < -0.4 is 0 Å². The number of carbonyl (C=O) groups excluding carboxylic acids is 1. The van der Waals surface area contributed by atoms with Crippen molar-refractivity contribution in [3.8, 4) is 0 Å². The molecule has 2 N–H and O–H groups in total. The van der Waals surface area contributed by atoms with Crippen molar-refractivity contribution in [1.29, 1.82) is 0 Å². The lowest BCUT2D eigenvalue weighted by molar-refractivity contribution is 0.0299. The van der Waals surface area contributed by atoms with Gasteiger partial charge in [-0.3, -0.25) is 4.79 Å². The molecule has 0 unspecified atom stereocenters. The number of ether oxygens (including phenoxy) is 1. The predicted molar refractivity (Wildman–Crippen MR) is 76.7 cm³/mol. The molecular weight excluding hydrogens is 272 g/mol. The summed E-state index contributed by atoms with van der Waals surface area (Å²) in [7, 11) is 0. The normalized spacial score (nSPS) is 15.4. The monoisotopic (exact) mass is 288 g/mol. The standard InChI is InChI=1S/C15H16N2O4/c1-9-6-10(15(19)20)7-12-11(9)8-13(16-12)14(18)17-2-4-21-5-3-17/h6-8,16H,2-5H2,1H3,(H,19,20). The van der Waals surface area contributed by atoms with Crippen molar-refractivity contribution < 1.29 is 19.4 Å². The molecule has 21 heavy (non-hydrogen) atoms. The number of H-pyrrole nitrogens is 1. The van der Waals surface area contributed by atoms with E-state index in [1.165, 1.54) is 0 Å². The fourth-order valence-corrected chi connectivity index (χ4v) is 2.59. The number of aromatic nitrogens is 1. The number of morpholine rings is 1. The molecule has 0 saturated carbocycles. The fourth-order valence-electron chi connectivity index (χ4n) is 2.59. The second-order valence-electron chi connectivity index (χ2n) is 5.15. The lowest BCUT2D eigenvalue weighted by Gasteiger charge is -2.26. The number of aromatic amines is 1. The second kappa shape index (κ2) is 5.21. The summed E-state index contributed by atoms with van der Waals surface area (Å²) in [6.45, 7) is 4.09. The van der Waals surface area contributed by atoms with Crippen molar-refractivity contribution >= 4 is 22.8 Å². The highest BCUT2D eigenvalue weighted by molar-refractivity contribution is 6.01. The molecule has 0 aliphatic carbocycles. The zero-order chi connectivity index (χ0) is 15.0. The minimum Gasteiger partial charge on any atom is -0.478 e. The van der Waals surface area contributed by atoms with Crippen molar-refractivity contribution in [2.75, 3.05) is 26.3 Å². The largest absolute Gasteiger partial charge is 0.478 e. The van der Waals surface area contributed by atoms with Crippen LogP contribution in [0.1, 0.15) is 26.4 Å². The van der Waals surface area contributed by atoms with Crippen LogP contribution in [0.4, 0.5) is 0 Å². The Hall–Kier alpha value is -2.34. The minimum absolute atomic E-state index is 0.0780. The number of nitrogens with one attached hydrogen (secondary N) is 1. The van der Waals surface area contributed by atoms with Gasteiger partial charge < -0.3 is 19.7 Å². The van der Waals surface area contributed by atoms with Crippen molar-refractivity contribution in [2.45, 2.75) is 6.92 Å². The number of nitrogens with zero attached hydrogens (tertiary/aromatic N) is 1. The molecule has 1 aromatic carbocycles. The zero-order valence-corrected chi connectivity index (χ0v) is 11.7. The van der Waals surface area contributed by atoms with E-state index in [9.17, 15) is 9.59 Å². The molecule has 1 aromatic heterocycles. The molecule has 3 rings (SSSR count). The third-order valence-corrected chi connectivity index (χ3v) is 3.72. The summed E-state index contributed by atoms with van der Waals surface area (Å²) < 4.78 is 5.24. The number of aromatic carboxylic acids is 1. The Bertz CT molecular complexity index is 714. The van der Waals surface area contributed by atoms with Gasteiger partial charge in [0.25, 0.3) is 5.91 Å². The summed E-state index contributed by atoms with van der Waals surface area (Å²) in [6, 6.07) is 4.95. The third kappa shape index (κ3) is 2.50. The van der Waals surface area contributed by atoms with Gasteiger partial charge in [0, 0.05) is 24.0 Å². The van der Waals surface area contributed by atoms with E-state index in [1.807, 2.05) is 6.92 Å². The van der Waals surface area contributed by atoms with E-state index in [0.29, 0.717) is 37.5 Å². The van der Waals surface area contributed by atoms with Crippen LogP contribution in [0.5, 0.6) is 0 Å². The molecule has 1 fully saturated rings. The maximum absolute atomic E-state index is 12.4. The van der Waals surface area contributed by atoms with Gasteiger partial charge in [0.2, 0.25) is 0 Å². The summed E-state index contributed by atoms with van der Waals surface area (Å²) >= 11 is 0.